The van der Waals surface area contributed by atoms with Crippen LogP contribution in [0.15, 0.2) is 18.2 Å². The summed E-state index contributed by atoms with van der Waals surface area (Å²) in [5.41, 5.74) is 0. The smallest absolute Gasteiger partial charge is 0.156 e. The minimum atomic E-state index is -0.308. The lowest BCUT2D eigenvalue weighted by atomic mass is 10.3. The van der Waals surface area contributed by atoms with Gasteiger partial charge in [-0.2, -0.15) is 0 Å². The minimum absolute atomic E-state index is 0.0679. The molecular formula is C9H10Cl2O2. The summed E-state index contributed by atoms with van der Waals surface area (Å²) in [5, 5.41) is 9.67. The largest absolute Gasteiger partial charge is 0.485 e. The Labute approximate surface area is 87.0 Å². The molecule has 0 saturated heterocycles. The highest BCUT2D eigenvalue weighted by Crippen LogP contribution is 2.32. The van der Waals surface area contributed by atoms with Crippen LogP contribution in [-0.2, 0) is 0 Å². The zero-order valence-corrected chi connectivity index (χ0v) is 8.64. The van der Waals surface area contributed by atoms with E-state index in [0.717, 1.165) is 0 Å². The van der Waals surface area contributed by atoms with Crippen LogP contribution in [0.2, 0.25) is 10.0 Å². The summed E-state index contributed by atoms with van der Waals surface area (Å²) in [6.07, 6.45) is -0.308. The zero-order valence-electron chi connectivity index (χ0n) is 7.13. The molecule has 0 amide bonds. The molecule has 0 aliphatic carbocycles. The van der Waals surface area contributed by atoms with Crippen molar-refractivity contribution in [2.75, 3.05) is 6.61 Å². The first-order valence-corrected chi connectivity index (χ1v) is 4.62. The molecule has 0 aliphatic rings. The van der Waals surface area contributed by atoms with Crippen LogP contribution in [0.5, 0.6) is 5.75 Å². The van der Waals surface area contributed by atoms with Crippen molar-refractivity contribution in [3.63, 3.8) is 0 Å². The summed E-state index contributed by atoms with van der Waals surface area (Å²) in [5.74, 6) is 0.424. The van der Waals surface area contributed by atoms with Gasteiger partial charge < -0.3 is 9.84 Å². The summed E-state index contributed by atoms with van der Waals surface area (Å²) < 4.78 is 5.31. The number of benzene rings is 1. The van der Waals surface area contributed by atoms with Gasteiger partial charge in [0.15, 0.2) is 5.75 Å². The van der Waals surface area contributed by atoms with Crippen molar-refractivity contribution in [1.82, 2.24) is 0 Å². The SMILES string of the molecule is CC(CO)Oc1c(Cl)cccc1Cl. The van der Waals surface area contributed by atoms with Gasteiger partial charge in [-0.3, -0.25) is 0 Å². The van der Waals surface area contributed by atoms with Crippen molar-refractivity contribution in [1.29, 1.82) is 0 Å². The quantitative estimate of drug-likeness (QED) is 0.850. The molecule has 0 fully saturated rings. The van der Waals surface area contributed by atoms with Gasteiger partial charge in [-0.15, -0.1) is 0 Å². The Hall–Kier alpha value is -0.440. The Balaban J connectivity index is 2.87. The van der Waals surface area contributed by atoms with Crippen LogP contribution in [0.25, 0.3) is 0 Å². The summed E-state index contributed by atoms with van der Waals surface area (Å²) in [6.45, 7) is 1.67. The molecule has 0 radical (unpaired) electrons. The van der Waals surface area contributed by atoms with Gasteiger partial charge in [-0.25, -0.2) is 0 Å². The van der Waals surface area contributed by atoms with Crippen LogP contribution < -0.4 is 4.74 Å². The average molecular weight is 221 g/mol. The molecule has 2 nitrogen and oxygen atoms in total. The van der Waals surface area contributed by atoms with Crippen LogP contribution in [-0.4, -0.2) is 17.8 Å². The fourth-order valence-electron chi connectivity index (χ4n) is 0.834. The van der Waals surface area contributed by atoms with Crippen molar-refractivity contribution < 1.29 is 9.84 Å². The van der Waals surface area contributed by atoms with Gasteiger partial charge in [0.1, 0.15) is 6.10 Å². The zero-order chi connectivity index (χ0) is 9.84. The molecule has 4 heteroatoms. The van der Waals surface area contributed by atoms with Crippen molar-refractivity contribution in [3.05, 3.63) is 28.2 Å². The second kappa shape index (κ2) is 4.70. The molecule has 0 aromatic heterocycles. The Morgan fingerprint density at radius 2 is 1.92 bits per heavy atom. The van der Waals surface area contributed by atoms with E-state index in [0.29, 0.717) is 15.8 Å². The van der Waals surface area contributed by atoms with E-state index in [2.05, 4.69) is 0 Å². The third kappa shape index (κ3) is 2.76. The molecule has 0 saturated carbocycles. The van der Waals surface area contributed by atoms with Gasteiger partial charge in [0.25, 0.3) is 0 Å². The molecule has 72 valence electrons. The molecule has 1 N–H and O–H groups in total. The van der Waals surface area contributed by atoms with Crippen molar-refractivity contribution >= 4 is 23.2 Å². The number of hydrogen-bond acceptors (Lipinski definition) is 2. The molecule has 1 aromatic carbocycles. The van der Waals surface area contributed by atoms with E-state index in [9.17, 15) is 0 Å². The van der Waals surface area contributed by atoms with E-state index in [1.807, 2.05) is 0 Å². The second-order valence-electron chi connectivity index (χ2n) is 2.66. The van der Waals surface area contributed by atoms with Crippen molar-refractivity contribution in [2.24, 2.45) is 0 Å². The molecule has 1 aromatic rings. The number of aliphatic hydroxyl groups is 1. The maximum atomic E-state index is 8.77. The second-order valence-corrected chi connectivity index (χ2v) is 3.48. The fourth-order valence-corrected chi connectivity index (χ4v) is 1.32. The fraction of sp³-hybridized carbons (Fsp3) is 0.333. The van der Waals surface area contributed by atoms with Crippen LogP contribution in [0, 0.1) is 0 Å². The number of ether oxygens (including phenoxy) is 1. The first-order valence-electron chi connectivity index (χ1n) is 3.86. The molecule has 13 heavy (non-hydrogen) atoms. The van der Waals surface area contributed by atoms with E-state index < -0.39 is 0 Å². The number of hydrogen-bond donors (Lipinski definition) is 1. The lowest BCUT2D eigenvalue weighted by Gasteiger charge is -2.14. The van der Waals surface area contributed by atoms with Crippen LogP contribution in [0.4, 0.5) is 0 Å². The Bertz CT molecular complexity index is 269. The molecule has 1 rings (SSSR count). The topological polar surface area (TPSA) is 29.5 Å². The standard InChI is InChI=1S/C9H10Cl2O2/c1-6(5-12)13-9-7(10)3-2-4-8(9)11/h2-4,6,12H,5H2,1H3. The first-order chi connectivity index (χ1) is 6.15. The summed E-state index contributed by atoms with van der Waals surface area (Å²) >= 11 is 11.7. The lowest BCUT2D eigenvalue weighted by Crippen LogP contribution is -2.16. The molecule has 0 aliphatic heterocycles. The number of rotatable bonds is 3. The predicted molar refractivity (Wildman–Crippen MR) is 53.6 cm³/mol. The molecule has 0 spiro atoms. The molecule has 1 atom stereocenters. The molecular weight excluding hydrogens is 211 g/mol. The summed E-state index contributed by atoms with van der Waals surface area (Å²) in [6, 6.07) is 5.11. The Morgan fingerprint density at radius 1 is 1.38 bits per heavy atom. The Morgan fingerprint density at radius 3 is 2.38 bits per heavy atom. The van der Waals surface area contributed by atoms with E-state index >= 15 is 0 Å². The van der Waals surface area contributed by atoms with Crippen molar-refractivity contribution in [3.8, 4) is 5.75 Å². The van der Waals surface area contributed by atoms with Gasteiger partial charge in [0, 0.05) is 0 Å². The monoisotopic (exact) mass is 220 g/mol. The van der Waals surface area contributed by atoms with Gasteiger partial charge in [-0.05, 0) is 19.1 Å². The van der Waals surface area contributed by atoms with Gasteiger partial charge >= 0.3 is 0 Å². The van der Waals surface area contributed by atoms with E-state index in [4.69, 9.17) is 33.0 Å². The molecule has 0 bridgehead atoms. The van der Waals surface area contributed by atoms with E-state index in [1.165, 1.54) is 0 Å². The minimum Gasteiger partial charge on any atom is -0.485 e. The van der Waals surface area contributed by atoms with E-state index in [1.54, 1.807) is 25.1 Å². The van der Waals surface area contributed by atoms with Crippen LogP contribution in [0.1, 0.15) is 6.92 Å². The third-order valence-corrected chi connectivity index (χ3v) is 2.09. The molecule has 0 heterocycles. The third-order valence-electron chi connectivity index (χ3n) is 1.50. The first kappa shape index (κ1) is 10.6. The highest BCUT2D eigenvalue weighted by atomic mass is 35.5. The van der Waals surface area contributed by atoms with Gasteiger partial charge in [0.05, 0.1) is 16.7 Å². The number of halogens is 2. The number of aliphatic hydroxyl groups excluding tert-OH is 1. The maximum Gasteiger partial charge on any atom is 0.156 e. The predicted octanol–water partition coefficient (Wildman–Crippen LogP) is 2.75. The normalized spacial score (nSPS) is 12.6. The van der Waals surface area contributed by atoms with E-state index in [-0.39, 0.29) is 12.7 Å². The lowest BCUT2D eigenvalue weighted by molar-refractivity contribution is 0.130. The maximum absolute atomic E-state index is 8.77. The molecule has 1 unspecified atom stereocenters. The number of para-hydroxylation sites is 1. The van der Waals surface area contributed by atoms with Gasteiger partial charge in [-0.1, -0.05) is 29.3 Å². The highest BCUT2D eigenvalue weighted by molar-refractivity contribution is 6.37. The van der Waals surface area contributed by atoms with Crippen LogP contribution in [0.3, 0.4) is 0 Å². The van der Waals surface area contributed by atoms with Crippen LogP contribution >= 0.6 is 23.2 Å². The van der Waals surface area contributed by atoms with Crippen molar-refractivity contribution in [2.45, 2.75) is 13.0 Å². The highest BCUT2D eigenvalue weighted by Gasteiger charge is 2.09. The summed E-state index contributed by atoms with van der Waals surface area (Å²) in [4.78, 5) is 0. The summed E-state index contributed by atoms with van der Waals surface area (Å²) in [7, 11) is 0. The average Bonchev–Trinajstić information content (AvgIpc) is 2.11. The Kier molecular flexibility index (Phi) is 3.85. The van der Waals surface area contributed by atoms with Gasteiger partial charge in [0.2, 0.25) is 0 Å².